The number of hydrogen-bond donors (Lipinski definition) is 1. The summed E-state index contributed by atoms with van der Waals surface area (Å²) in [5, 5.41) is 10.8. The molecule has 0 aliphatic carbocycles. The van der Waals surface area contributed by atoms with E-state index < -0.39 is 17.6 Å². The van der Waals surface area contributed by atoms with Gasteiger partial charge in [0, 0.05) is 29.7 Å². The molecule has 12 heteroatoms. The zero-order chi connectivity index (χ0) is 30.4. The molecule has 6 aromatic rings. The molecule has 1 fully saturated rings. The summed E-state index contributed by atoms with van der Waals surface area (Å²) in [6.07, 6.45) is 0.787. The molecule has 0 amide bonds. The van der Waals surface area contributed by atoms with Crippen molar-refractivity contribution in [2.24, 2.45) is 0 Å². The van der Waals surface area contributed by atoms with Crippen LogP contribution in [0.15, 0.2) is 66.7 Å². The fourth-order valence-corrected chi connectivity index (χ4v) is 6.18. The SMILES string of the molecule is O=C(O)c1ccc2nc(Cc3cc(F)c(-c4cccc(OCc5nc6cc(Cl)ccc6s5)n4)cc3F)n(C[C@@H]3CCO3)c2c1. The van der Waals surface area contributed by atoms with Gasteiger partial charge in [-0.05, 0) is 66.6 Å². The van der Waals surface area contributed by atoms with E-state index in [1.807, 2.05) is 10.6 Å². The Balaban J connectivity index is 1.14. The molecule has 4 heterocycles. The maximum Gasteiger partial charge on any atom is 0.335 e. The number of carboxylic acids is 1. The van der Waals surface area contributed by atoms with Gasteiger partial charge in [-0.25, -0.2) is 28.5 Å². The smallest absolute Gasteiger partial charge is 0.335 e. The Morgan fingerprint density at radius 1 is 1.05 bits per heavy atom. The maximum atomic E-state index is 15.5. The minimum Gasteiger partial charge on any atom is -0.478 e. The molecule has 222 valence electrons. The molecular formula is C32H23ClF2N4O4S. The largest absolute Gasteiger partial charge is 0.478 e. The molecule has 8 nitrogen and oxygen atoms in total. The van der Waals surface area contributed by atoms with E-state index >= 15 is 8.78 Å². The Labute approximate surface area is 258 Å². The van der Waals surface area contributed by atoms with Crippen LogP contribution in [0, 0.1) is 11.6 Å². The van der Waals surface area contributed by atoms with E-state index in [1.165, 1.54) is 17.4 Å². The van der Waals surface area contributed by atoms with Crippen molar-refractivity contribution in [2.75, 3.05) is 6.61 Å². The number of carboxylic acid groups (broad SMARTS) is 1. The zero-order valence-electron chi connectivity index (χ0n) is 23.0. The van der Waals surface area contributed by atoms with Crippen molar-refractivity contribution < 1.29 is 28.2 Å². The second-order valence-corrected chi connectivity index (χ2v) is 12.0. The lowest BCUT2D eigenvalue weighted by Crippen LogP contribution is -2.31. The highest BCUT2D eigenvalue weighted by Gasteiger charge is 2.24. The highest BCUT2D eigenvalue weighted by Crippen LogP contribution is 2.30. The van der Waals surface area contributed by atoms with E-state index in [2.05, 4.69) is 15.0 Å². The summed E-state index contributed by atoms with van der Waals surface area (Å²) in [7, 11) is 0. The maximum absolute atomic E-state index is 15.5. The van der Waals surface area contributed by atoms with Crippen LogP contribution in [0.4, 0.5) is 8.78 Å². The third-order valence-electron chi connectivity index (χ3n) is 7.48. The van der Waals surface area contributed by atoms with Gasteiger partial charge in [-0.15, -0.1) is 11.3 Å². The van der Waals surface area contributed by atoms with Crippen LogP contribution in [0.1, 0.15) is 33.2 Å². The Kier molecular flexibility index (Phi) is 7.45. The second-order valence-electron chi connectivity index (χ2n) is 10.4. The van der Waals surface area contributed by atoms with E-state index in [-0.39, 0.29) is 47.4 Å². The van der Waals surface area contributed by atoms with E-state index in [0.29, 0.717) is 35.0 Å². The van der Waals surface area contributed by atoms with Gasteiger partial charge in [-0.1, -0.05) is 17.7 Å². The fraction of sp³-hybridized carbons (Fsp3) is 0.188. The first-order valence-electron chi connectivity index (χ1n) is 13.8. The number of halogens is 3. The molecule has 3 aromatic carbocycles. The summed E-state index contributed by atoms with van der Waals surface area (Å²) in [5.74, 6) is -1.60. The number of fused-ring (bicyclic) bond motifs is 2. The van der Waals surface area contributed by atoms with Crippen LogP contribution in [-0.4, -0.2) is 43.3 Å². The number of aromatic carboxylic acids is 1. The highest BCUT2D eigenvalue weighted by molar-refractivity contribution is 7.18. The quantitative estimate of drug-likeness (QED) is 0.179. The lowest BCUT2D eigenvalue weighted by Gasteiger charge is -2.27. The van der Waals surface area contributed by atoms with Crippen molar-refractivity contribution in [3.63, 3.8) is 0 Å². The van der Waals surface area contributed by atoms with Crippen molar-refractivity contribution in [3.8, 4) is 17.1 Å². The van der Waals surface area contributed by atoms with Crippen LogP contribution in [0.5, 0.6) is 5.88 Å². The molecule has 0 radical (unpaired) electrons. The topological polar surface area (TPSA) is 99.4 Å². The van der Waals surface area contributed by atoms with Gasteiger partial charge in [0.15, 0.2) is 0 Å². The van der Waals surface area contributed by atoms with Crippen molar-refractivity contribution in [3.05, 3.63) is 105 Å². The molecule has 7 rings (SSSR count). The molecule has 0 saturated carbocycles. The average molecular weight is 633 g/mol. The molecule has 1 aliphatic rings. The Morgan fingerprint density at radius 2 is 1.91 bits per heavy atom. The van der Waals surface area contributed by atoms with Crippen molar-refractivity contribution in [2.45, 2.75) is 32.1 Å². The minimum atomic E-state index is -1.06. The third-order valence-corrected chi connectivity index (χ3v) is 8.72. The van der Waals surface area contributed by atoms with Crippen molar-refractivity contribution >= 4 is 50.2 Å². The van der Waals surface area contributed by atoms with Gasteiger partial charge < -0.3 is 19.1 Å². The van der Waals surface area contributed by atoms with Crippen molar-refractivity contribution in [1.82, 2.24) is 19.5 Å². The summed E-state index contributed by atoms with van der Waals surface area (Å²) in [4.78, 5) is 25.1. The third kappa shape index (κ3) is 5.61. The number of carbonyl (C=O) groups is 1. The zero-order valence-corrected chi connectivity index (χ0v) is 24.5. The predicted octanol–water partition coefficient (Wildman–Crippen LogP) is 7.30. The van der Waals surface area contributed by atoms with Crippen LogP contribution >= 0.6 is 22.9 Å². The van der Waals surface area contributed by atoms with Crippen LogP contribution in [0.2, 0.25) is 5.02 Å². The Hall–Kier alpha value is -4.45. The summed E-state index contributed by atoms with van der Waals surface area (Å²) < 4.78 is 45.2. The lowest BCUT2D eigenvalue weighted by molar-refractivity contribution is -0.0589. The molecule has 3 aromatic heterocycles. The van der Waals surface area contributed by atoms with Gasteiger partial charge in [0.2, 0.25) is 5.88 Å². The molecule has 1 aliphatic heterocycles. The molecule has 0 spiro atoms. The fourth-order valence-electron chi connectivity index (χ4n) is 5.16. The molecule has 1 N–H and O–H groups in total. The molecular weight excluding hydrogens is 610 g/mol. The number of imidazole rings is 1. The van der Waals surface area contributed by atoms with E-state index in [0.717, 1.165) is 33.8 Å². The second kappa shape index (κ2) is 11.6. The number of hydrogen-bond acceptors (Lipinski definition) is 7. The van der Waals surface area contributed by atoms with Crippen LogP contribution in [0.25, 0.3) is 32.5 Å². The molecule has 44 heavy (non-hydrogen) atoms. The van der Waals surface area contributed by atoms with E-state index in [4.69, 9.17) is 21.1 Å². The first kappa shape index (κ1) is 28.3. The van der Waals surface area contributed by atoms with Gasteiger partial charge in [0.05, 0.1) is 45.2 Å². The van der Waals surface area contributed by atoms with Gasteiger partial charge in [-0.3, -0.25) is 0 Å². The molecule has 0 unspecified atom stereocenters. The van der Waals surface area contributed by atoms with Gasteiger partial charge in [0.25, 0.3) is 0 Å². The molecule has 1 saturated heterocycles. The van der Waals surface area contributed by atoms with E-state index in [9.17, 15) is 9.90 Å². The first-order chi connectivity index (χ1) is 21.3. The predicted molar refractivity (Wildman–Crippen MR) is 162 cm³/mol. The van der Waals surface area contributed by atoms with Crippen LogP contribution < -0.4 is 4.74 Å². The summed E-state index contributed by atoms with van der Waals surface area (Å²) in [6, 6.07) is 17.3. The number of aromatic nitrogens is 4. The number of rotatable bonds is 9. The summed E-state index contributed by atoms with van der Waals surface area (Å²) in [5.41, 5.74) is 2.38. The normalized spacial score (nSPS) is 14.7. The lowest BCUT2D eigenvalue weighted by atomic mass is 10.0. The Morgan fingerprint density at radius 3 is 2.70 bits per heavy atom. The van der Waals surface area contributed by atoms with E-state index in [1.54, 1.807) is 42.5 Å². The number of pyridine rings is 1. The number of benzene rings is 3. The average Bonchev–Trinajstić information content (AvgIpc) is 3.55. The Bertz CT molecular complexity index is 2060. The van der Waals surface area contributed by atoms with Gasteiger partial charge in [-0.2, -0.15) is 0 Å². The monoisotopic (exact) mass is 632 g/mol. The first-order valence-corrected chi connectivity index (χ1v) is 15.0. The highest BCUT2D eigenvalue weighted by atomic mass is 35.5. The molecule has 1 atom stereocenters. The molecule has 0 bridgehead atoms. The minimum absolute atomic E-state index is 0.00318. The number of nitrogens with zero attached hydrogens (tertiary/aromatic N) is 4. The summed E-state index contributed by atoms with van der Waals surface area (Å²) in [6.45, 7) is 1.23. The van der Waals surface area contributed by atoms with Crippen molar-refractivity contribution in [1.29, 1.82) is 0 Å². The van der Waals surface area contributed by atoms with Crippen LogP contribution in [-0.2, 0) is 24.3 Å². The number of ether oxygens (including phenoxy) is 2. The standard InChI is InChI=1S/C32H23ClF2N4O4S/c33-19-5-7-28-26(13-19)38-31(44-28)16-43-30-3-1-2-24(37-30)21-14-22(34)18(10-23(21)35)12-29-36-25-6-4-17(32(40)41)11-27(25)39(29)15-20-8-9-42-20/h1-7,10-11,13-14,20H,8-9,12,15-16H2,(H,40,41)/t20-/m0/s1. The van der Waals surface area contributed by atoms with Gasteiger partial charge >= 0.3 is 5.97 Å². The number of thiazole rings is 1. The van der Waals surface area contributed by atoms with Gasteiger partial charge in [0.1, 0.15) is 29.1 Å². The summed E-state index contributed by atoms with van der Waals surface area (Å²) >= 11 is 7.53. The van der Waals surface area contributed by atoms with Crippen LogP contribution in [0.3, 0.4) is 0 Å².